The van der Waals surface area contributed by atoms with E-state index < -0.39 is 0 Å². The van der Waals surface area contributed by atoms with Gasteiger partial charge in [-0.15, -0.1) is 11.3 Å². The van der Waals surface area contributed by atoms with Crippen LogP contribution in [-0.2, 0) is 0 Å². The molecule has 4 rings (SSSR count). The van der Waals surface area contributed by atoms with Crippen molar-refractivity contribution in [1.82, 2.24) is 10.3 Å². The summed E-state index contributed by atoms with van der Waals surface area (Å²) in [5.41, 5.74) is 1.73. The molecule has 0 radical (unpaired) electrons. The Kier molecular flexibility index (Phi) is 5.39. The van der Waals surface area contributed by atoms with Crippen LogP contribution in [0.1, 0.15) is 22.7 Å². The number of halogens is 1. The van der Waals surface area contributed by atoms with Crippen LogP contribution in [0.3, 0.4) is 0 Å². The van der Waals surface area contributed by atoms with Crippen molar-refractivity contribution in [3.05, 3.63) is 69.6 Å². The molecule has 3 aromatic rings. The molecule has 1 saturated heterocycles. The summed E-state index contributed by atoms with van der Waals surface area (Å²) in [5, 5.41) is 4.02. The quantitative estimate of drug-likeness (QED) is 0.574. The number of nitrogens with one attached hydrogen (secondary N) is 1. The predicted octanol–water partition coefficient (Wildman–Crippen LogP) is 4.99. The standard InChI is InChI=1S/C20H18ClN3O2S2/c1-25-12-6-7-15(26-2)14(11-12)24-19(16-8-9-17(21)28-16)18(23-20(24)27)13-5-3-4-10-22-13/h3-11,18-19H,1-2H3,(H,23,27)/t18-,19-/m1/s1. The van der Waals surface area contributed by atoms with Gasteiger partial charge in [-0.1, -0.05) is 17.7 Å². The average molecular weight is 432 g/mol. The fraction of sp³-hybridized carbons (Fsp3) is 0.200. The van der Waals surface area contributed by atoms with Crippen LogP contribution in [0.4, 0.5) is 5.69 Å². The highest BCUT2D eigenvalue weighted by Gasteiger charge is 2.42. The first-order chi connectivity index (χ1) is 13.6. The van der Waals surface area contributed by atoms with Crippen molar-refractivity contribution in [3.8, 4) is 11.5 Å². The van der Waals surface area contributed by atoms with Crippen LogP contribution >= 0.6 is 35.2 Å². The average Bonchev–Trinajstić information content (AvgIpc) is 3.30. The van der Waals surface area contributed by atoms with Crippen molar-refractivity contribution in [1.29, 1.82) is 0 Å². The predicted molar refractivity (Wildman–Crippen MR) is 117 cm³/mol. The minimum atomic E-state index is -0.126. The molecule has 2 aromatic heterocycles. The van der Waals surface area contributed by atoms with E-state index in [1.165, 1.54) is 11.3 Å². The van der Waals surface area contributed by atoms with E-state index in [0.29, 0.717) is 10.9 Å². The molecular weight excluding hydrogens is 414 g/mol. The zero-order valence-corrected chi connectivity index (χ0v) is 17.6. The van der Waals surface area contributed by atoms with Gasteiger partial charge >= 0.3 is 0 Å². The summed E-state index contributed by atoms with van der Waals surface area (Å²) in [6.45, 7) is 0. The maximum Gasteiger partial charge on any atom is 0.174 e. The zero-order chi connectivity index (χ0) is 19.7. The SMILES string of the molecule is COc1ccc(OC)c(N2C(=S)N[C@H](c3ccccn3)[C@H]2c2ccc(Cl)s2)c1. The number of rotatable bonds is 5. The molecule has 2 atom stereocenters. The molecule has 1 fully saturated rings. The van der Waals surface area contributed by atoms with Crippen molar-refractivity contribution in [3.63, 3.8) is 0 Å². The molecule has 28 heavy (non-hydrogen) atoms. The zero-order valence-electron chi connectivity index (χ0n) is 15.3. The van der Waals surface area contributed by atoms with E-state index in [2.05, 4.69) is 15.2 Å². The van der Waals surface area contributed by atoms with Crippen LogP contribution in [0.5, 0.6) is 11.5 Å². The van der Waals surface area contributed by atoms with Gasteiger partial charge in [0.1, 0.15) is 11.5 Å². The van der Waals surface area contributed by atoms with Crippen molar-refractivity contribution in [2.75, 3.05) is 19.1 Å². The van der Waals surface area contributed by atoms with Crippen molar-refractivity contribution >= 4 is 46.0 Å². The highest BCUT2D eigenvalue weighted by Crippen LogP contribution is 2.47. The van der Waals surface area contributed by atoms with Gasteiger partial charge < -0.3 is 19.7 Å². The summed E-state index contributed by atoms with van der Waals surface area (Å²) in [6, 6.07) is 15.2. The number of thiophene rings is 1. The monoisotopic (exact) mass is 431 g/mol. The number of ether oxygens (including phenoxy) is 2. The molecule has 1 aliphatic heterocycles. The van der Waals surface area contributed by atoms with E-state index in [1.807, 2.05) is 48.5 Å². The third-order valence-corrected chi connectivity index (χ3v) is 6.25. The van der Waals surface area contributed by atoms with Gasteiger partial charge in [-0.05, 0) is 48.6 Å². The molecule has 0 amide bonds. The molecule has 1 N–H and O–H groups in total. The number of aromatic nitrogens is 1. The highest BCUT2D eigenvalue weighted by molar-refractivity contribution is 7.80. The second kappa shape index (κ2) is 7.95. The molecular formula is C20H18ClN3O2S2. The van der Waals surface area contributed by atoms with E-state index in [9.17, 15) is 0 Å². The Bertz CT molecular complexity index is 996. The number of hydrogen-bond acceptors (Lipinski definition) is 5. The lowest BCUT2D eigenvalue weighted by Gasteiger charge is -2.28. The van der Waals surface area contributed by atoms with Gasteiger partial charge in [0.2, 0.25) is 0 Å². The Morgan fingerprint density at radius 2 is 2.00 bits per heavy atom. The van der Waals surface area contributed by atoms with E-state index in [0.717, 1.165) is 26.3 Å². The molecule has 0 unspecified atom stereocenters. The normalized spacial score (nSPS) is 18.8. The van der Waals surface area contributed by atoms with E-state index in [-0.39, 0.29) is 12.1 Å². The van der Waals surface area contributed by atoms with Gasteiger partial charge in [0, 0.05) is 17.1 Å². The number of nitrogens with zero attached hydrogens (tertiary/aromatic N) is 2. The van der Waals surface area contributed by atoms with Crippen molar-refractivity contribution in [2.45, 2.75) is 12.1 Å². The number of methoxy groups -OCH3 is 2. The Morgan fingerprint density at radius 3 is 2.64 bits per heavy atom. The Labute approximate surface area is 177 Å². The largest absolute Gasteiger partial charge is 0.497 e. The summed E-state index contributed by atoms with van der Waals surface area (Å²) in [6.07, 6.45) is 1.79. The molecule has 1 aliphatic rings. The van der Waals surface area contributed by atoms with Gasteiger partial charge in [0.15, 0.2) is 5.11 Å². The third-order valence-electron chi connectivity index (χ3n) is 4.63. The topological polar surface area (TPSA) is 46.6 Å². The van der Waals surface area contributed by atoms with E-state index >= 15 is 0 Å². The second-order valence-electron chi connectivity index (χ2n) is 6.18. The summed E-state index contributed by atoms with van der Waals surface area (Å²) >= 11 is 13.5. The first-order valence-electron chi connectivity index (χ1n) is 8.60. The van der Waals surface area contributed by atoms with Crippen molar-refractivity contribution in [2.24, 2.45) is 0 Å². The fourth-order valence-corrected chi connectivity index (χ4v) is 4.90. The smallest absolute Gasteiger partial charge is 0.174 e. The summed E-state index contributed by atoms with van der Waals surface area (Å²) in [4.78, 5) is 7.68. The third kappa shape index (κ3) is 3.41. The lowest BCUT2D eigenvalue weighted by molar-refractivity contribution is 0.403. The number of pyridine rings is 1. The Balaban J connectivity index is 1.87. The van der Waals surface area contributed by atoms with Crippen LogP contribution in [0.15, 0.2) is 54.7 Å². The van der Waals surface area contributed by atoms with Gasteiger partial charge in [-0.25, -0.2) is 0 Å². The maximum atomic E-state index is 6.26. The van der Waals surface area contributed by atoms with Crippen LogP contribution in [0.25, 0.3) is 0 Å². The Hall–Kier alpha value is -2.35. The summed E-state index contributed by atoms with van der Waals surface area (Å²) in [7, 11) is 3.28. The van der Waals surface area contributed by atoms with Crippen molar-refractivity contribution < 1.29 is 9.47 Å². The molecule has 0 saturated carbocycles. The van der Waals surface area contributed by atoms with Gasteiger partial charge in [0.25, 0.3) is 0 Å². The molecule has 0 spiro atoms. The first kappa shape index (κ1) is 19.0. The molecule has 1 aromatic carbocycles. The lowest BCUT2D eigenvalue weighted by atomic mass is 10.0. The number of hydrogen-bond donors (Lipinski definition) is 1. The number of anilines is 1. The Morgan fingerprint density at radius 1 is 1.14 bits per heavy atom. The molecule has 8 heteroatoms. The lowest BCUT2D eigenvalue weighted by Crippen LogP contribution is -2.29. The molecule has 0 aliphatic carbocycles. The van der Waals surface area contributed by atoms with Crippen LogP contribution in [0, 0.1) is 0 Å². The molecule has 3 heterocycles. The minimum absolute atomic E-state index is 0.124. The minimum Gasteiger partial charge on any atom is -0.497 e. The number of benzene rings is 1. The maximum absolute atomic E-state index is 6.26. The van der Waals surface area contributed by atoms with Crippen LogP contribution in [-0.4, -0.2) is 24.3 Å². The highest BCUT2D eigenvalue weighted by atomic mass is 35.5. The van der Waals surface area contributed by atoms with E-state index in [4.69, 9.17) is 33.3 Å². The van der Waals surface area contributed by atoms with E-state index in [1.54, 1.807) is 20.4 Å². The molecule has 5 nitrogen and oxygen atoms in total. The first-order valence-corrected chi connectivity index (χ1v) is 10.2. The van der Waals surface area contributed by atoms with Gasteiger partial charge in [0.05, 0.1) is 42.0 Å². The summed E-state index contributed by atoms with van der Waals surface area (Å²) < 4.78 is 11.8. The van der Waals surface area contributed by atoms with Gasteiger partial charge in [-0.3, -0.25) is 4.98 Å². The summed E-state index contributed by atoms with van der Waals surface area (Å²) in [5.74, 6) is 1.43. The number of thiocarbonyl (C=S) groups is 1. The van der Waals surface area contributed by atoms with Crippen LogP contribution < -0.4 is 19.7 Å². The second-order valence-corrected chi connectivity index (χ2v) is 8.31. The molecule has 0 bridgehead atoms. The van der Waals surface area contributed by atoms with Crippen LogP contribution in [0.2, 0.25) is 4.34 Å². The molecule has 144 valence electrons. The van der Waals surface area contributed by atoms with Gasteiger partial charge in [-0.2, -0.15) is 0 Å². The fourth-order valence-electron chi connectivity index (χ4n) is 3.38.